The van der Waals surface area contributed by atoms with Crippen LogP contribution in [0.4, 0.5) is 10.5 Å². The lowest BCUT2D eigenvalue weighted by atomic mass is 9.88. The summed E-state index contributed by atoms with van der Waals surface area (Å²) in [6.07, 6.45) is 2.00. The molecular formula is C45H41BN6O8. The second-order valence-electron chi connectivity index (χ2n) is 15.4. The summed E-state index contributed by atoms with van der Waals surface area (Å²) in [6, 6.07) is 24.7. The van der Waals surface area contributed by atoms with E-state index in [4.69, 9.17) is 33.0 Å². The number of ether oxygens (including phenoxy) is 3. The van der Waals surface area contributed by atoms with Gasteiger partial charge in [-0.05, 0) is 35.2 Å². The lowest BCUT2D eigenvalue weighted by Gasteiger charge is -2.25. The molecule has 0 saturated heterocycles. The Balaban J connectivity index is 1.15. The standard InChI is InChI=1S/C45H41BN6O8/c1-23(2)36-43-51-38(42-47-20-35(59-42)30-21-52(4)39-28(30)13-9-15-34(39)57-24(3)53)40(60-43)44-50-37-27(12-8-14-31(37)46)29-18-26(16-17-33(29)58-44)19-32(41(54)49-36)48-45(55)56-22-25-10-6-5-7-11-25/h5-18,20-21,23,32,36,44,50H,19,22,46H2,1-4H3,(H,48,55)(H,49,54)/t32-,36?,44?/m0/s1. The number of aromatic nitrogens is 3. The van der Waals surface area contributed by atoms with Crippen molar-refractivity contribution in [1.29, 1.82) is 0 Å². The smallest absolute Gasteiger partial charge is 0.408 e. The van der Waals surface area contributed by atoms with Crippen LogP contribution in [-0.2, 0) is 34.4 Å². The Hall–Kier alpha value is -7.29. The average Bonchev–Trinajstić information content (AvgIpc) is 3.95. The number of benzene rings is 4. The van der Waals surface area contributed by atoms with Crippen LogP contribution in [0, 0.1) is 5.92 Å². The van der Waals surface area contributed by atoms with Gasteiger partial charge in [0.2, 0.25) is 23.9 Å². The Labute approximate surface area is 345 Å². The summed E-state index contributed by atoms with van der Waals surface area (Å²) in [6.45, 7) is 5.27. The van der Waals surface area contributed by atoms with Gasteiger partial charge in [0.05, 0.1) is 11.7 Å². The van der Waals surface area contributed by atoms with E-state index < -0.39 is 36.3 Å². The number of carbonyl (C=O) groups excluding carboxylic acids is 3. The fourth-order valence-corrected chi connectivity index (χ4v) is 7.81. The maximum atomic E-state index is 14.4. The van der Waals surface area contributed by atoms with Gasteiger partial charge in [0.1, 0.15) is 32.3 Å². The van der Waals surface area contributed by atoms with E-state index in [1.807, 2.05) is 118 Å². The van der Waals surface area contributed by atoms with Gasteiger partial charge in [0.15, 0.2) is 23.0 Å². The molecule has 2 unspecified atom stereocenters. The lowest BCUT2D eigenvalue weighted by molar-refractivity contribution is -0.131. The third-order valence-corrected chi connectivity index (χ3v) is 10.7. The van der Waals surface area contributed by atoms with Gasteiger partial charge in [-0.2, -0.15) is 0 Å². The Morgan fingerprint density at radius 2 is 1.80 bits per heavy atom. The number of alkyl carbamates (subject to hydrolysis) is 1. The summed E-state index contributed by atoms with van der Waals surface area (Å²) in [4.78, 5) is 49.2. The first kappa shape index (κ1) is 38.2. The number of hydrogen-bond donors (Lipinski definition) is 3. The molecule has 3 N–H and O–H groups in total. The Kier molecular flexibility index (Phi) is 9.86. The maximum Gasteiger partial charge on any atom is 0.408 e. The summed E-state index contributed by atoms with van der Waals surface area (Å²) in [7, 11) is 3.87. The van der Waals surface area contributed by atoms with Gasteiger partial charge in [0, 0.05) is 54.4 Å². The van der Waals surface area contributed by atoms with Gasteiger partial charge >= 0.3 is 12.1 Å². The molecule has 0 aliphatic carbocycles. The van der Waals surface area contributed by atoms with Crippen molar-refractivity contribution < 1.29 is 37.4 Å². The van der Waals surface area contributed by atoms with Crippen molar-refractivity contribution in [2.24, 2.45) is 13.0 Å². The van der Waals surface area contributed by atoms with Gasteiger partial charge < -0.3 is 43.6 Å². The molecule has 2 amide bonds. The number of hydrogen-bond acceptors (Lipinski definition) is 11. The molecule has 302 valence electrons. The predicted molar refractivity (Wildman–Crippen MR) is 225 cm³/mol. The first-order chi connectivity index (χ1) is 29.0. The van der Waals surface area contributed by atoms with Gasteiger partial charge in [0.25, 0.3) is 0 Å². The Morgan fingerprint density at radius 1 is 0.983 bits per heavy atom. The molecule has 0 fully saturated rings. The van der Waals surface area contributed by atoms with Crippen molar-refractivity contribution in [2.75, 3.05) is 5.32 Å². The first-order valence-corrected chi connectivity index (χ1v) is 19.7. The number of esters is 1. The van der Waals surface area contributed by atoms with Crippen LogP contribution in [0.15, 0.2) is 106 Å². The zero-order valence-electron chi connectivity index (χ0n) is 33.6. The van der Waals surface area contributed by atoms with Gasteiger partial charge in [-0.15, -0.1) is 0 Å². The number of para-hydroxylation sites is 2. The van der Waals surface area contributed by atoms with Crippen molar-refractivity contribution in [1.82, 2.24) is 25.2 Å². The number of rotatable bonds is 7. The van der Waals surface area contributed by atoms with E-state index in [1.54, 1.807) is 12.3 Å². The number of nitrogens with zero attached hydrogens (tertiary/aromatic N) is 3. The first-order valence-electron chi connectivity index (χ1n) is 19.7. The Morgan fingerprint density at radius 3 is 2.60 bits per heavy atom. The molecule has 60 heavy (non-hydrogen) atoms. The van der Waals surface area contributed by atoms with Gasteiger partial charge in [-0.25, -0.2) is 14.8 Å². The lowest BCUT2D eigenvalue weighted by Crippen LogP contribution is -2.49. The number of nitrogens with one attached hydrogen (secondary N) is 3. The Bertz CT molecular complexity index is 2790. The molecule has 0 radical (unpaired) electrons. The van der Waals surface area contributed by atoms with Gasteiger partial charge in [-0.3, -0.25) is 9.59 Å². The van der Waals surface area contributed by atoms with Crippen molar-refractivity contribution in [3.63, 3.8) is 0 Å². The molecule has 3 aliphatic rings. The molecule has 10 rings (SSSR count). The third-order valence-electron chi connectivity index (χ3n) is 10.7. The molecule has 7 aromatic rings. The van der Waals surface area contributed by atoms with E-state index in [9.17, 15) is 14.4 Å². The van der Waals surface area contributed by atoms with Crippen molar-refractivity contribution in [3.8, 4) is 45.5 Å². The van der Waals surface area contributed by atoms with Crippen molar-refractivity contribution >= 4 is 47.9 Å². The van der Waals surface area contributed by atoms with Crippen molar-refractivity contribution in [3.05, 3.63) is 120 Å². The molecule has 4 aromatic carbocycles. The minimum absolute atomic E-state index is 0.0380. The van der Waals surface area contributed by atoms with Crippen LogP contribution in [0.3, 0.4) is 0 Å². The summed E-state index contributed by atoms with van der Waals surface area (Å²) in [5, 5.41) is 10.3. The molecule has 3 aliphatic heterocycles. The summed E-state index contributed by atoms with van der Waals surface area (Å²) < 4.78 is 32.9. The van der Waals surface area contributed by atoms with Crippen molar-refractivity contribution in [2.45, 2.75) is 52.1 Å². The highest BCUT2D eigenvalue weighted by Crippen LogP contribution is 2.45. The topological polar surface area (TPSA) is 172 Å². The minimum atomic E-state index is -1.03. The molecule has 6 heterocycles. The molecule has 3 aromatic heterocycles. The van der Waals surface area contributed by atoms with Gasteiger partial charge in [-0.1, -0.05) is 86.0 Å². The molecular weight excluding hydrogens is 763 g/mol. The monoisotopic (exact) mass is 804 g/mol. The number of carbonyl (C=O) groups is 3. The summed E-state index contributed by atoms with van der Waals surface area (Å²) >= 11 is 0. The highest BCUT2D eigenvalue weighted by atomic mass is 16.5. The largest absolute Gasteiger partial charge is 0.462 e. The highest BCUT2D eigenvalue weighted by Gasteiger charge is 2.37. The summed E-state index contributed by atoms with van der Waals surface area (Å²) in [5.41, 5.74) is 6.74. The molecule has 0 spiro atoms. The van der Waals surface area contributed by atoms with E-state index in [-0.39, 0.29) is 42.2 Å². The number of aryl methyl sites for hydroxylation is 1. The van der Waals surface area contributed by atoms with Crippen LogP contribution >= 0.6 is 0 Å². The second kappa shape index (κ2) is 15.5. The quantitative estimate of drug-likeness (QED) is 0.0912. The van der Waals surface area contributed by atoms with Crippen LogP contribution in [0.25, 0.3) is 44.9 Å². The van der Waals surface area contributed by atoms with E-state index in [0.29, 0.717) is 22.8 Å². The molecule has 0 saturated carbocycles. The average molecular weight is 805 g/mol. The zero-order chi connectivity index (χ0) is 41.7. The predicted octanol–water partition coefficient (Wildman–Crippen LogP) is 6.51. The van der Waals surface area contributed by atoms with E-state index in [2.05, 4.69) is 16.0 Å². The summed E-state index contributed by atoms with van der Waals surface area (Å²) in [5.74, 6) is 0.937. The molecule has 6 bridgehead atoms. The highest BCUT2D eigenvalue weighted by molar-refractivity contribution is 6.36. The SMILES string of the molecule is Bc1cccc2c1NC1Oc3ccc(cc3-2)C[C@H](NC(=O)OCc2ccccc2)C(=O)NC(C(C)C)c2nc(-c3ncc(-c4cn(C)c5c(OC(C)=O)cccc45)o3)c1o2. The third kappa shape index (κ3) is 7.23. The van der Waals surface area contributed by atoms with Crippen LogP contribution in [0.1, 0.15) is 55.8 Å². The van der Waals surface area contributed by atoms with E-state index in [0.717, 1.165) is 44.4 Å². The normalized spacial score (nSPS) is 16.9. The van der Waals surface area contributed by atoms with Crippen LogP contribution in [-0.4, -0.2) is 46.4 Å². The van der Waals surface area contributed by atoms with Crippen LogP contribution in [0.5, 0.6) is 11.5 Å². The molecule has 15 heteroatoms. The fraction of sp³-hybridized carbons (Fsp3) is 0.222. The van der Waals surface area contributed by atoms with E-state index >= 15 is 0 Å². The molecule has 14 nitrogen and oxygen atoms in total. The fourth-order valence-electron chi connectivity index (χ4n) is 7.81. The zero-order valence-corrected chi connectivity index (χ0v) is 33.6. The number of oxazole rings is 2. The second-order valence-corrected chi connectivity index (χ2v) is 15.4. The van der Waals surface area contributed by atoms with Crippen LogP contribution < -0.4 is 30.9 Å². The minimum Gasteiger partial charge on any atom is -0.462 e. The molecule has 3 atom stereocenters. The van der Waals surface area contributed by atoms with E-state index in [1.165, 1.54) is 6.92 Å². The number of fused-ring (bicyclic) bond motifs is 7. The maximum absolute atomic E-state index is 14.4. The number of anilines is 1. The number of amides is 2. The van der Waals surface area contributed by atoms with Crippen LogP contribution in [0.2, 0.25) is 0 Å².